The van der Waals surface area contributed by atoms with Crippen LogP contribution >= 0.6 is 0 Å². The lowest BCUT2D eigenvalue weighted by Gasteiger charge is -2.24. The Morgan fingerprint density at radius 3 is 2.45 bits per heavy atom. The van der Waals surface area contributed by atoms with Crippen LogP contribution < -0.4 is 5.32 Å². The molecule has 0 aromatic heterocycles. The Bertz CT molecular complexity index is 403. The topological polar surface area (TPSA) is 52.6 Å². The number of rotatable bonds is 7. The van der Waals surface area contributed by atoms with Crippen molar-refractivity contribution >= 4 is 6.03 Å². The number of benzene rings is 1. The van der Waals surface area contributed by atoms with Crippen LogP contribution in [0.5, 0.6) is 0 Å². The van der Waals surface area contributed by atoms with Crippen molar-refractivity contribution in [1.82, 2.24) is 10.2 Å². The molecule has 4 nitrogen and oxygen atoms in total. The summed E-state index contributed by atoms with van der Waals surface area (Å²) in [6.07, 6.45) is 1.72. The fourth-order valence-corrected chi connectivity index (χ4v) is 2.10. The molecule has 1 aromatic carbocycles. The minimum Gasteiger partial charge on any atom is -0.395 e. The molecule has 0 saturated heterocycles. The van der Waals surface area contributed by atoms with E-state index in [4.69, 9.17) is 5.11 Å². The molecule has 0 heterocycles. The zero-order valence-electron chi connectivity index (χ0n) is 12.7. The smallest absolute Gasteiger partial charge is 0.317 e. The first-order chi connectivity index (χ1) is 9.60. The number of carbonyl (C=O) groups excluding carboxylic acids is 1. The molecular weight excluding hydrogens is 252 g/mol. The van der Waals surface area contributed by atoms with Gasteiger partial charge in [0.2, 0.25) is 0 Å². The fraction of sp³-hybridized carbons (Fsp3) is 0.562. The molecule has 0 aliphatic heterocycles. The highest BCUT2D eigenvalue weighted by Crippen LogP contribution is 2.08. The maximum atomic E-state index is 12.1. The number of amides is 2. The predicted molar refractivity (Wildman–Crippen MR) is 81.8 cm³/mol. The van der Waals surface area contributed by atoms with Gasteiger partial charge < -0.3 is 15.3 Å². The zero-order chi connectivity index (χ0) is 15.0. The molecule has 0 spiro atoms. The highest BCUT2D eigenvalue weighted by molar-refractivity contribution is 5.74. The summed E-state index contributed by atoms with van der Waals surface area (Å²) in [6.45, 7) is 7.03. The number of aryl methyl sites for hydroxylation is 1. The van der Waals surface area contributed by atoms with E-state index in [0.29, 0.717) is 13.1 Å². The Balaban J connectivity index is 2.58. The van der Waals surface area contributed by atoms with E-state index >= 15 is 0 Å². The molecule has 1 rings (SSSR count). The summed E-state index contributed by atoms with van der Waals surface area (Å²) < 4.78 is 0. The molecular formula is C16H26N2O2. The van der Waals surface area contributed by atoms with Crippen LogP contribution in [0.2, 0.25) is 0 Å². The van der Waals surface area contributed by atoms with Gasteiger partial charge in [-0.25, -0.2) is 4.79 Å². The molecule has 0 radical (unpaired) electrons. The van der Waals surface area contributed by atoms with Crippen molar-refractivity contribution < 1.29 is 9.90 Å². The molecule has 0 bridgehead atoms. The number of hydrogen-bond acceptors (Lipinski definition) is 2. The summed E-state index contributed by atoms with van der Waals surface area (Å²) in [6, 6.07) is 8.42. The van der Waals surface area contributed by atoms with Crippen molar-refractivity contribution in [2.45, 2.75) is 39.7 Å². The molecule has 4 heteroatoms. The molecule has 1 atom stereocenters. The van der Waals surface area contributed by atoms with Crippen LogP contribution in [0, 0.1) is 6.92 Å². The van der Waals surface area contributed by atoms with Crippen molar-refractivity contribution in [2.24, 2.45) is 0 Å². The van der Waals surface area contributed by atoms with E-state index in [1.807, 2.05) is 6.92 Å². The summed E-state index contributed by atoms with van der Waals surface area (Å²) in [5, 5.41) is 12.0. The lowest BCUT2D eigenvalue weighted by molar-refractivity contribution is 0.176. The molecule has 0 saturated carbocycles. The van der Waals surface area contributed by atoms with Gasteiger partial charge in [0.1, 0.15) is 0 Å². The van der Waals surface area contributed by atoms with Crippen LogP contribution in [0.3, 0.4) is 0 Å². The average molecular weight is 278 g/mol. The number of nitrogens with one attached hydrogen (secondary N) is 1. The summed E-state index contributed by atoms with van der Waals surface area (Å²) in [4.78, 5) is 13.7. The minimum atomic E-state index is -0.0967. The molecule has 0 aliphatic carbocycles. The van der Waals surface area contributed by atoms with Crippen molar-refractivity contribution in [3.05, 3.63) is 35.4 Å². The maximum Gasteiger partial charge on any atom is 0.317 e. The van der Waals surface area contributed by atoms with E-state index in [-0.39, 0.29) is 18.7 Å². The Labute approximate surface area is 121 Å². The van der Waals surface area contributed by atoms with Crippen LogP contribution in [0.1, 0.15) is 31.4 Å². The Hall–Kier alpha value is -1.55. The third-order valence-corrected chi connectivity index (χ3v) is 3.46. The molecule has 0 aliphatic rings. The Morgan fingerprint density at radius 1 is 1.30 bits per heavy atom. The van der Waals surface area contributed by atoms with Gasteiger partial charge in [-0.15, -0.1) is 0 Å². The number of carbonyl (C=O) groups is 1. The van der Waals surface area contributed by atoms with Crippen molar-refractivity contribution in [2.75, 3.05) is 19.7 Å². The summed E-state index contributed by atoms with van der Waals surface area (Å²) in [7, 11) is 0. The molecule has 2 amide bonds. The number of aliphatic hydroxyl groups excluding tert-OH is 1. The lowest BCUT2D eigenvalue weighted by Crippen LogP contribution is -2.46. The fourth-order valence-electron chi connectivity index (χ4n) is 2.10. The van der Waals surface area contributed by atoms with Crippen molar-refractivity contribution in [3.63, 3.8) is 0 Å². The number of nitrogens with zero attached hydrogens (tertiary/aromatic N) is 1. The summed E-state index contributed by atoms with van der Waals surface area (Å²) in [5.74, 6) is 0. The second-order valence-electron chi connectivity index (χ2n) is 5.05. The number of hydrogen-bond donors (Lipinski definition) is 2. The monoisotopic (exact) mass is 278 g/mol. The van der Waals surface area contributed by atoms with Crippen molar-refractivity contribution in [3.8, 4) is 0 Å². The Kier molecular flexibility index (Phi) is 7.09. The van der Waals surface area contributed by atoms with Crippen LogP contribution in [0.15, 0.2) is 24.3 Å². The van der Waals surface area contributed by atoms with Gasteiger partial charge in [-0.2, -0.15) is 0 Å². The number of urea groups is 1. The quantitative estimate of drug-likeness (QED) is 0.804. The number of aliphatic hydroxyl groups is 1. The molecule has 2 N–H and O–H groups in total. The highest BCUT2D eigenvalue weighted by atomic mass is 16.3. The van der Waals surface area contributed by atoms with E-state index in [0.717, 1.165) is 12.8 Å². The normalized spacial score (nSPS) is 12.0. The largest absolute Gasteiger partial charge is 0.395 e. The summed E-state index contributed by atoms with van der Waals surface area (Å²) >= 11 is 0. The first kappa shape index (κ1) is 16.5. The second kappa shape index (κ2) is 8.59. The first-order valence-corrected chi connectivity index (χ1v) is 7.32. The van der Waals surface area contributed by atoms with Crippen LogP contribution in [-0.4, -0.2) is 41.8 Å². The molecule has 1 aromatic rings. The standard InChI is InChI=1S/C16H26N2O2/c1-4-15(12-14-8-6-13(3)7-9-14)17-16(20)18(5-2)10-11-19/h6-9,15,19H,4-5,10-12H2,1-3H3,(H,17,20). The maximum absolute atomic E-state index is 12.1. The van der Waals surface area contributed by atoms with Gasteiger partial charge in [0, 0.05) is 19.1 Å². The van der Waals surface area contributed by atoms with Crippen LogP contribution in [0.25, 0.3) is 0 Å². The highest BCUT2D eigenvalue weighted by Gasteiger charge is 2.15. The van der Waals surface area contributed by atoms with Gasteiger partial charge in [0.15, 0.2) is 0 Å². The minimum absolute atomic E-state index is 0.00395. The van der Waals surface area contributed by atoms with Gasteiger partial charge in [-0.1, -0.05) is 36.8 Å². The van der Waals surface area contributed by atoms with Crippen LogP contribution in [-0.2, 0) is 6.42 Å². The van der Waals surface area contributed by atoms with Crippen molar-refractivity contribution in [1.29, 1.82) is 0 Å². The predicted octanol–water partition coefficient (Wildman–Crippen LogP) is 2.34. The van der Waals surface area contributed by atoms with E-state index in [1.165, 1.54) is 11.1 Å². The second-order valence-corrected chi connectivity index (χ2v) is 5.05. The van der Waals surface area contributed by atoms with Gasteiger partial charge >= 0.3 is 6.03 Å². The van der Waals surface area contributed by atoms with E-state index in [2.05, 4.69) is 43.4 Å². The third kappa shape index (κ3) is 5.21. The zero-order valence-corrected chi connectivity index (χ0v) is 12.7. The van der Waals surface area contributed by atoms with Crippen LogP contribution in [0.4, 0.5) is 4.79 Å². The molecule has 20 heavy (non-hydrogen) atoms. The van der Waals surface area contributed by atoms with E-state index < -0.39 is 0 Å². The Morgan fingerprint density at radius 2 is 1.95 bits per heavy atom. The third-order valence-electron chi connectivity index (χ3n) is 3.46. The van der Waals surface area contributed by atoms with Gasteiger partial charge in [-0.3, -0.25) is 0 Å². The SMILES string of the molecule is CCC(Cc1ccc(C)cc1)NC(=O)N(CC)CCO. The van der Waals surface area contributed by atoms with Gasteiger partial charge in [-0.05, 0) is 32.3 Å². The first-order valence-electron chi connectivity index (χ1n) is 7.32. The van der Waals surface area contributed by atoms with Gasteiger partial charge in [0.05, 0.1) is 6.61 Å². The van der Waals surface area contributed by atoms with E-state index in [1.54, 1.807) is 4.90 Å². The average Bonchev–Trinajstić information content (AvgIpc) is 2.46. The molecule has 1 unspecified atom stereocenters. The molecule has 112 valence electrons. The summed E-state index contributed by atoms with van der Waals surface area (Å²) in [5.41, 5.74) is 2.47. The van der Waals surface area contributed by atoms with E-state index in [9.17, 15) is 4.79 Å². The number of likely N-dealkylation sites (N-methyl/N-ethyl adjacent to an activating group) is 1. The lowest BCUT2D eigenvalue weighted by atomic mass is 10.0. The van der Waals surface area contributed by atoms with Gasteiger partial charge in [0.25, 0.3) is 0 Å². The molecule has 0 fully saturated rings.